The van der Waals surface area contributed by atoms with Crippen molar-refractivity contribution in [3.05, 3.63) is 72.9 Å². The van der Waals surface area contributed by atoms with Gasteiger partial charge in [0.1, 0.15) is 6.61 Å². The molecule has 0 aliphatic rings. The van der Waals surface area contributed by atoms with Gasteiger partial charge < -0.3 is 14.2 Å². The number of esters is 2. The zero-order valence-electron chi connectivity index (χ0n) is 36.9. The highest BCUT2D eigenvalue weighted by molar-refractivity contribution is 5.70. The summed E-state index contributed by atoms with van der Waals surface area (Å²) in [7, 11) is 0. The fourth-order valence-electron chi connectivity index (χ4n) is 6.24. The average molecular weight is 781 g/mol. The van der Waals surface area contributed by atoms with Gasteiger partial charge in [0.2, 0.25) is 0 Å². The third-order valence-corrected chi connectivity index (χ3v) is 9.73. The summed E-state index contributed by atoms with van der Waals surface area (Å²) in [5.41, 5.74) is 0. The summed E-state index contributed by atoms with van der Waals surface area (Å²) in [5.74, 6) is -0.438. The maximum Gasteiger partial charge on any atom is 0.306 e. The zero-order valence-corrected chi connectivity index (χ0v) is 36.9. The maximum absolute atomic E-state index is 12.7. The highest BCUT2D eigenvalue weighted by atomic mass is 16.6. The lowest BCUT2D eigenvalue weighted by Crippen LogP contribution is -2.30. The van der Waals surface area contributed by atoms with Crippen LogP contribution < -0.4 is 0 Å². The van der Waals surface area contributed by atoms with Crippen molar-refractivity contribution in [2.24, 2.45) is 0 Å². The Hall–Kier alpha value is -2.66. The van der Waals surface area contributed by atoms with Gasteiger partial charge in [0.15, 0.2) is 6.10 Å². The van der Waals surface area contributed by atoms with Gasteiger partial charge >= 0.3 is 11.9 Å². The topological polar surface area (TPSA) is 61.8 Å². The van der Waals surface area contributed by atoms with Crippen LogP contribution in [0, 0.1) is 0 Å². The maximum atomic E-state index is 12.7. The first kappa shape index (κ1) is 53.3. The molecule has 0 aromatic carbocycles. The molecule has 0 aliphatic heterocycles. The van der Waals surface area contributed by atoms with Crippen molar-refractivity contribution in [2.75, 3.05) is 19.8 Å². The minimum absolute atomic E-state index is 0.0673. The Morgan fingerprint density at radius 1 is 0.411 bits per heavy atom. The molecule has 56 heavy (non-hydrogen) atoms. The fraction of sp³-hybridized carbons (Fsp3) is 0.725. The van der Waals surface area contributed by atoms with Crippen LogP contribution in [-0.4, -0.2) is 37.9 Å². The number of carbonyl (C=O) groups excluding carboxylic acids is 2. The van der Waals surface area contributed by atoms with Gasteiger partial charge in [-0.3, -0.25) is 9.59 Å². The molecule has 0 spiro atoms. The van der Waals surface area contributed by atoms with E-state index in [9.17, 15) is 9.59 Å². The third-order valence-electron chi connectivity index (χ3n) is 9.73. The van der Waals surface area contributed by atoms with Crippen molar-refractivity contribution >= 4 is 11.9 Å². The van der Waals surface area contributed by atoms with Crippen LogP contribution in [0.3, 0.4) is 0 Å². The molecule has 0 aliphatic carbocycles. The SMILES string of the molecule is CC/C=C\C/C=C\C/C=C\C/C=C\CCCCCCC(=O)OCC(COCCCCCCCC)OC(=O)CCCCCCCCC/C=C\C/C=C\CCCCC. The van der Waals surface area contributed by atoms with E-state index in [0.29, 0.717) is 19.4 Å². The number of rotatable bonds is 42. The first-order valence-electron chi connectivity index (χ1n) is 23.5. The van der Waals surface area contributed by atoms with Gasteiger partial charge in [-0.2, -0.15) is 0 Å². The zero-order chi connectivity index (χ0) is 40.7. The molecule has 0 aromatic rings. The van der Waals surface area contributed by atoms with Gasteiger partial charge in [-0.05, 0) is 89.9 Å². The van der Waals surface area contributed by atoms with Gasteiger partial charge in [-0.1, -0.05) is 184 Å². The van der Waals surface area contributed by atoms with E-state index in [2.05, 4.69) is 93.7 Å². The molecule has 5 nitrogen and oxygen atoms in total. The van der Waals surface area contributed by atoms with Crippen LogP contribution in [0.15, 0.2) is 72.9 Å². The average Bonchev–Trinajstić information content (AvgIpc) is 3.20. The molecule has 0 rings (SSSR count). The molecule has 0 bridgehead atoms. The predicted molar refractivity (Wildman–Crippen MR) is 242 cm³/mol. The molecule has 1 atom stereocenters. The van der Waals surface area contributed by atoms with Gasteiger partial charge in [0.25, 0.3) is 0 Å². The van der Waals surface area contributed by atoms with Crippen molar-refractivity contribution in [2.45, 2.75) is 219 Å². The number of hydrogen-bond donors (Lipinski definition) is 0. The molecule has 0 amide bonds. The van der Waals surface area contributed by atoms with Crippen molar-refractivity contribution < 1.29 is 23.8 Å². The molecular formula is C51H88O5. The fourth-order valence-corrected chi connectivity index (χ4v) is 6.24. The molecule has 0 N–H and O–H groups in total. The van der Waals surface area contributed by atoms with Crippen LogP contribution in [0.2, 0.25) is 0 Å². The molecule has 0 aromatic heterocycles. The molecule has 5 heteroatoms. The van der Waals surface area contributed by atoms with E-state index in [1.54, 1.807) is 0 Å². The van der Waals surface area contributed by atoms with Crippen LogP contribution in [0.25, 0.3) is 0 Å². The number of unbranched alkanes of at least 4 members (excludes halogenated alkanes) is 19. The number of ether oxygens (including phenoxy) is 3. The smallest absolute Gasteiger partial charge is 0.306 e. The summed E-state index contributed by atoms with van der Waals surface area (Å²) in [6.07, 6.45) is 59.1. The third kappa shape index (κ3) is 44.1. The van der Waals surface area contributed by atoms with Crippen molar-refractivity contribution in [3.8, 4) is 0 Å². The van der Waals surface area contributed by atoms with Crippen LogP contribution >= 0.6 is 0 Å². The molecular weight excluding hydrogens is 693 g/mol. The van der Waals surface area contributed by atoms with E-state index < -0.39 is 6.10 Å². The molecule has 0 saturated heterocycles. The van der Waals surface area contributed by atoms with Gasteiger partial charge in [0, 0.05) is 19.4 Å². The summed E-state index contributed by atoms with van der Waals surface area (Å²) in [5, 5.41) is 0. The number of carbonyl (C=O) groups is 2. The summed E-state index contributed by atoms with van der Waals surface area (Å²) >= 11 is 0. The Balaban J connectivity index is 4.17. The van der Waals surface area contributed by atoms with E-state index in [1.807, 2.05) is 0 Å². The Morgan fingerprint density at radius 3 is 1.32 bits per heavy atom. The number of hydrogen-bond acceptors (Lipinski definition) is 5. The summed E-state index contributed by atoms with van der Waals surface area (Å²) in [6.45, 7) is 7.61. The van der Waals surface area contributed by atoms with E-state index in [1.165, 1.54) is 83.5 Å². The Kier molecular flexibility index (Phi) is 44.5. The standard InChI is InChI=1S/C51H88O5/c1-4-7-10-13-16-18-20-22-24-26-28-30-32-34-36-38-41-44-50(52)55-48-49(47-54-46-43-40-15-12-9-6-3)56-51(53)45-42-39-37-35-33-31-29-27-25-23-21-19-17-14-11-8-5-2/h7,10,16-19,22-25,28,30,49H,4-6,8-9,11-15,20-21,26-27,29,31-48H2,1-3H3/b10-7-,18-16-,19-17-,24-22-,25-23-,30-28-. The van der Waals surface area contributed by atoms with Crippen LogP contribution in [0.4, 0.5) is 0 Å². The Labute approximate surface area is 347 Å². The van der Waals surface area contributed by atoms with Crippen LogP contribution in [-0.2, 0) is 23.8 Å². The van der Waals surface area contributed by atoms with E-state index >= 15 is 0 Å². The first-order chi connectivity index (χ1) is 27.6. The lowest BCUT2D eigenvalue weighted by molar-refractivity contribution is -0.163. The number of allylic oxidation sites excluding steroid dienone is 12. The molecule has 322 valence electrons. The summed E-state index contributed by atoms with van der Waals surface area (Å²) < 4.78 is 17.2. The van der Waals surface area contributed by atoms with E-state index in [4.69, 9.17) is 14.2 Å². The van der Waals surface area contributed by atoms with E-state index in [-0.39, 0.29) is 25.2 Å². The second-order valence-corrected chi connectivity index (χ2v) is 15.3. The minimum Gasteiger partial charge on any atom is -0.462 e. The quantitative estimate of drug-likeness (QED) is 0.0351. The molecule has 0 saturated carbocycles. The normalized spacial score (nSPS) is 12.8. The largest absolute Gasteiger partial charge is 0.462 e. The van der Waals surface area contributed by atoms with Crippen molar-refractivity contribution in [3.63, 3.8) is 0 Å². The predicted octanol–water partition coefficient (Wildman–Crippen LogP) is 15.6. The summed E-state index contributed by atoms with van der Waals surface area (Å²) in [6, 6.07) is 0. The van der Waals surface area contributed by atoms with Gasteiger partial charge in [0.05, 0.1) is 6.61 Å². The Morgan fingerprint density at radius 2 is 0.804 bits per heavy atom. The molecule has 1 unspecified atom stereocenters. The second kappa shape index (κ2) is 46.7. The van der Waals surface area contributed by atoms with Gasteiger partial charge in [-0.15, -0.1) is 0 Å². The second-order valence-electron chi connectivity index (χ2n) is 15.3. The van der Waals surface area contributed by atoms with Crippen LogP contribution in [0.5, 0.6) is 0 Å². The molecule has 0 heterocycles. The Bertz CT molecular complexity index is 1020. The van der Waals surface area contributed by atoms with Crippen molar-refractivity contribution in [1.82, 2.24) is 0 Å². The van der Waals surface area contributed by atoms with Crippen molar-refractivity contribution in [1.29, 1.82) is 0 Å². The van der Waals surface area contributed by atoms with Gasteiger partial charge in [-0.25, -0.2) is 0 Å². The lowest BCUT2D eigenvalue weighted by Gasteiger charge is -2.18. The van der Waals surface area contributed by atoms with E-state index in [0.717, 1.165) is 96.3 Å². The lowest BCUT2D eigenvalue weighted by atomic mass is 10.1. The monoisotopic (exact) mass is 781 g/mol. The highest BCUT2D eigenvalue weighted by Gasteiger charge is 2.17. The minimum atomic E-state index is -0.548. The molecule has 0 radical (unpaired) electrons. The highest BCUT2D eigenvalue weighted by Crippen LogP contribution is 2.13. The summed E-state index contributed by atoms with van der Waals surface area (Å²) in [4.78, 5) is 25.2. The first-order valence-corrected chi connectivity index (χ1v) is 23.5. The van der Waals surface area contributed by atoms with Crippen LogP contribution in [0.1, 0.15) is 213 Å². The molecule has 0 fully saturated rings.